The van der Waals surface area contributed by atoms with Crippen molar-refractivity contribution in [2.75, 3.05) is 30.8 Å². The first-order valence-electron chi connectivity index (χ1n) is 13.9. The van der Waals surface area contributed by atoms with Crippen LogP contribution in [0.25, 0.3) is 0 Å². The van der Waals surface area contributed by atoms with Crippen LogP contribution in [0.4, 0.5) is 5.69 Å². The van der Waals surface area contributed by atoms with E-state index in [-0.39, 0.29) is 37.7 Å². The Balaban J connectivity index is 1.87. The lowest BCUT2D eigenvalue weighted by Gasteiger charge is -2.32. The molecule has 9 heteroatoms. The Bertz CT molecular complexity index is 1400. The molecule has 0 aliphatic carbocycles. The molecule has 0 bridgehead atoms. The SMILES string of the molecule is CCCNC(=O)[C@@H](Cc1ccccc1)N(Cc1cccc(C)c1)C(=O)CCCN(c1cccc(OC)c1)S(C)(=O)=O. The van der Waals surface area contributed by atoms with Crippen molar-refractivity contribution in [3.05, 3.63) is 95.6 Å². The van der Waals surface area contributed by atoms with Crippen molar-refractivity contribution in [3.63, 3.8) is 0 Å². The summed E-state index contributed by atoms with van der Waals surface area (Å²) in [6.07, 6.45) is 2.65. The van der Waals surface area contributed by atoms with Crippen LogP contribution in [0.3, 0.4) is 0 Å². The van der Waals surface area contributed by atoms with Crippen molar-refractivity contribution in [2.45, 2.75) is 52.1 Å². The zero-order valence-corrected chi connectivity index (χ0v) is 25.2. The Hall–Kier alpha value is -3.85. The third-order valence-corrected chi connectivity index (χ3v) is 7.94. The number of rotatable bonds is 15. The number of ether oxygens (including phenoxy) is 1. The molecule has 3 aromatic carbocycles. The van der Waals surface area contributed by atoms with E-state index in [4.69, 9.17) is 4.74 Å². The van der Waals surface area contributed by atoms with E-state index in [0.717, 1.165) is 29.4 Å². The fraction of sp³-hybridized carbons (Fsp3) is 0.375. The first kappa shape index (κ1) is 31.7. The second-order valence-corrected chi connectivity index (χ2v) is 12.1. The van der Waals surface area contributed by atoms with Crippen molar-refractivity contribution >= 4 is 27.5 Å². The van der Waals surface area contributed by atoms with Gasteiger partial charge in [-0.15, -0.1) is 0 Å². The Morgan fingerprint density at radius 3 is 2.32 bits per heavy atom. The molecule has 41 heavy (non-hydrogen) atoms. The van der Waals surface area contributed by atoms with Crippen LogP contribution in [0.1, 0.15) is 42.9 Å². The third kappa shape index (κ3) is 9.63. The summed E-state index contributed by atoms with van der Waals surface area (Å²) in [7, 11) is -2.08. The molecule has 3 aromatic rings. The van der Waals surface area contributed by atoms with Gasteiger partial charge in [-0.05, 0) is 43.0 Å². The molecule has 1 atom stereocenters. The second-order valence-electron chi connectivity index (χ2n) is 10.1. The van der Waals surface area contributed by atoms with Gasteiger partial charge in [-0.2, -0.15) is 0 Å². The Labute approximate surface area is 244 Å². The summed E-state index contributed by atoms with van der Waals surface area (Å²) < 4.78 is 31.8. The summed E-state index contributed by atoms with van der Waals surface area (Å²) in [5.41, 5.74) is 3.41. The highest BCUT2D eigenvalue weighted by Gasteiger charge is 2.30. The number of carbonyl (C=O) groups excluding carboxylic acids is 2. The van der Waals surface area contributed by atoms with Crippen LogP contribution < -0.4 is 14.4 Å². The quantitative estimate of drug-likeness (QED) is 0.281. The van der Waals surface area contributed by atoms with Crippen LogP contribution in [-0.4, -0.2) is 57.6 Å². The van der Waals surface area contributed by atoms with Gasteiger partial charge in [-0.1, -0.05) is 73.2 Å². The number of aryl methyl sites for hydroxylation is 1. The zero-order valence-electron chi connectivity index (χ0n) is 24.4. The Kier molecular flexibility index (Phi) is 11.8. The number of amides is 2. The summed E-state index contributed by atoms with van der Waals surface area (Å²) in [5.74, 6) is 0.127. The lowest BCUT2D eigenvalue weighted by atomic mass is 10.0. The van der Waals surface area contributed by atoms with Crippen molar-refractivity contribution in [1.82, 2.24) is 10.2 Å². The molecule has 0 aliphatic heterocycles. The van der Waals surface area contributed by atoms with Gasteiger partial charge in [0.1, 0.15) is 11.8 Å². The minimum absolute atomic E-state index is 0.0775. The Morgan fingerprint density at radius 1 is 0.951 bits per heavy atom. The van der Waals surface area contributed by atoms with Crippen molar-refractivity contribution in [3.8, 4) is 5.75 Å². The number of carbonyl (C=O) groups is 2. The van der Waals surface area contributed by atoms with Crippen LogP contribution in [0.2, 0.25) is 0 Å². The fourth-order valence-corrected chi connectivity index (χ4v) is 5.65. The number of nitrogens with one attached hydrogen (secondary N) is 1. The lowest BCUT2D eigenvalue weighted by Crippen LogP contribution is -2.50. The minimum atomic E-state index is -3.61. The van der Waals surface area contributed by atoms with Crippen molar-refractivity contribution in [1.29, 1.82) is 0 Å². The summed E-state index contributed by atoms with van der Waals surface area (Å²) >= 11 is 0. The predicted octanol–water partition coefficient (Wildman–Crippen LogP) is 4.72. The summed E-state index contributed by atoms with van der Waals surface area (Å²) in [4.78, 5) is 29.0. The molecule has 220 valence electrons. The largest absolute Gasteiger partial charge is 0.497 e. The second kappa shape index (κ2) is 15.2. The van der Waals surface area contributed by atoms with E-state index in [0.29, 0.717) is 24.4 Å². The topological polar surface area (TPSA) is 96.0 Å². The number of nitrogens with zero attached hydrogens (tertiary/aromatic N) is 2. The van der Waals surface area contributed by atoms with E-state index in [1.54, 1.807) is 29.2 Å². The maximum absolute atomic E-state index is 13.9. The van der Waals surface area contributed by atoms with Gasteiger partial charge in [-0.25, -0.2) is 8.42 Å². The average Bonchev–Trinajstić information content (AvgIpc) is 2.95. The molecule has 2 amide bonds. The number of anilines is 1. The number of benzene rings is 3. The molecule has 0 unspecified atom stereocenters. The highest BCUT2D eigenvalue weighted by atomic mass is 32.2. The highest BCUT2D eigenvalue weighted by Crippen LogP contribution is 2.24. The van der Waals surface area contributed by atoms with Gasteiger partial charge in [0.2, 0.25) is 21.8 Å². The number of sulfonamides is 1. The molecule has 0 saturated heterocycles. The van der Waals surface area contributed by atoms with Gasteiger partial charge < -0.3 is 15.0 Å². The van der Waals surface area contributed by atoms with Crippen LogP contribution in [-0.2, 0) is 32.6 Å². The average molecular weight is 580 g/mol. The van der Waals surface area contributed by atoms with Gasteiger partial charge in [0.25, 0.3) is 0 Å². The smallest absolute Gasteiger partial charge is 0.243 e. The maximum Gasteiger partial charge on any atom is 0.243 e. The van der Waals surface area contributed by atoms with Gasteiger partial charge >= 0.3 is 0 Å². The van der Waals surface area contributed by atoms with Crippen LogP contribution >= 0.6 is 0 Å². The van der Waals surface area contributed by atoms with Gasteiger partial charge in [0.05, 0.1) is 19.1 Å². The van der Waals surface area contributed by atoms with E-state index in [9.17, 15) is 18.0 Å². The van der Waals surface area contributed by atoms with E-state index < -0.39 is 16.1 Å². The maximum atomic E-state index is 13.9. The zero-order chi connectivity index (χ0) is 29.8. The monoisotopic (exact) mass is 579 g/mol. The molecule has 0 fully saturated rings. The molecule has 8 nitrogen and oxygen atoms in total. The predicted molar refractivity (Wildman–Crippen MR) is 163 cm³/mol. The summed E-state index contributed by atoms with van der Waals surface area (Å²) in [6.45, 7) is 4.87. The van der Waals surface area contributed by atoms with E-state index in [1.165, 1.54) is 11.4 Å². The normalized spacial score (nSPS) is 11.9. The number of hydrogen-bond donors (Lipinski definition) is 1. The highest BCUT2D eigenvalue weighted by molar-refractivity contribution is 7.92. The van der Waals surface area contributed by atoms with Crippen molar-refractivity contribution < 1.29 is 22.7 Å². The lowest BCUT2D eigenvalue weighted by molar-refractivity contribution is -0.141. The van der Waals surface area contributed by atoms with E-state index >= 15 is 0 Å². The van der Waals surface area contributed by atoms with Crippen LogP contribution in [0.5, 0.6) is 5.75 Å². The first-order chi connectivity index (χ1) is 19.6. The first-order valence-corrected chi connectivity index (χ1v) is 15.8. The molecular weight excluding hydrogens is 538 g/mol. The van der Waals surface area contributed by atoms with Crippen molar-refractivity contribution in [2.24, 2.45) is 0 Å². The Morgan fingerprint density at radius 2 is 1.66 bits per heavy atom. The molecule has 0 saturated carbocycles. The number of methoxy groups -OCH3 is 1. The molecule has 1 N–H and O–H groups in total. The summed E-state index contributed by atoms with van der Waals surface area (Å²) in [6, 6.07) is 23.6. The van der Waals surface area contributed by atoms with Gasteiger partial charge in [0.15, 0.2) is 0 Å². The minimum Gasteiger partial charge on any atom is -0.497 e. The molecule has 0 aromatic heterocycles. The van der Waals surface area contributed by atoms with Gasteiger partial charge in [0, 0.05) is 38.5 Å². The number of hydrogen-bond acceptors (Lipinski definition) is 5. The van der Waals surface area contributed by atoms with Gasteiger partial charge in [-0.3, -0.25) is 13.9 Å². The summed E-state index contributed by atoms with van der Waals surface area (Å²) in [5, 5.41) is 2.98. The molecule has 3 rings (SSSR count). The third-order valence-electron chi connectivity index (χ3n) is 6.75. The molecule has 0 heterocycles. The van der Waals surface area contributed by atoms with Crippen LogP contribution in [0.15, 0.2) is 78.9 Å². The van der Waals surface area contributed by atoms with E-state index in [1.807, 2.05) is 68.4 Å². The standard InChI is InChI=1S/C32H41N3O5S/c1-5-19-33-32(37)30(22-26-13-7-6-8-14-26)34(24-27-15-9-12-25(2)21-27)31(36)18-11-20-35(41(4,38)39)28-16-10-17-29(23-28)40-3/h6-10,12-17,21,23,30H,5,11,18-20,22,24H2,1-4H3,(H,33,37)/t30-/m1/s1. The molecule has 0 aliphatic rings. The van der Waals surface area contributed by atoms with Crippen LogP contribution in [0, 0.1) is 6.92 Å². The molecule has 0 radical (unpaired) electrons. The fourth-order valence-electron chi connectivity index (χ4n) is 4.70. The molecular formula is C32H41N3O5S. The van der Waals surface area contributed by atoms with E-state index in [2.05, 4.69) is 5.32 Å². The molecule has 0 spiro atoms.